The predicted octanol–water partition coefficient (Wildman–Crippen LogP) is 4.33. The van der Waals surface area contributed by atoms with Crippen LogP contribution in [0.4, 0.5) is 0 Å². The molecule has 0 aliphatic heterocycles. The summed E-state index contributed by atoms with van der Waals surface area (Å²) in [4.78, 5) is 0. The summed E-state index contributed by atoms with van der Waals surface area (Å²) in [5.41, 5.74) is 1.13. The van der Waals surface area contributed by atoms with Gasteiger partial charge < -0.3 is 10.1 Å². The van der Waals surface area contributed by atoms with Crippen LogP contribution < -0.4 is 5.32 Å². The summed E-state index contributed by atoms with van der Waals surface area (Å²) in [6.07, 6.45) is 2.96. The van der Waals surface area contributed by atoms with E-state index in [2.05, 4.69) is 19.2 Å². The normalized spacial score (nSPS) is 12.6. The average Bonchev–Trinajstić information content (AvgIpc) is 2.38. The highest BCUT2D eigenvalue weighted by Gasteiger charge is 2.11. The Morgan fingerprint density at radius 1 is 1.21 bits per heavy atom. The minimum Gasteiger partial charge on any atom is -0.381 e. The van der Waals surface area contributed by atoms with Gasteiger partial charge >= 0.3 is 0 Å². The molecule has 0 aromatic heterocycles. The Bertz CT molecular complexity index is 371. The fourth-order valence-corrected chi connectivity index (χ4v) is 2.48. The molecular formula is C15H23Cl2NO. The van der Waals surface area contributed by atoms with Crippen LogP contribution in [0.1, 0.15) is 32.3 Å². The van der Waals surface area contributed by atoms with Gasteiger partial charge in [-0.2, -0.15) is 0 Å². The molecule has 0 spiro atoms. The van der Waals surface area contributed by atoms with E-state index in [-0.39, 0.29) is 0 Å². The third-order valence-corrected chi connectivity index (χ3v) is 3.52. The molecule has 1 aromatic rings. The second-order valence-electron chi connectivity index (χ2n) is 4.60. The lowest BCUT2D eigenvalue weighted by atomic mass is 10.0. The molecule has 0 aliphatic carbocycles. The highest BCUT2D eigenvalue weighted by atomic mass is 35.5. The molecule has 4 heteroatoms. The summed E-state index contributed by atoms with van der Waals surface area (Å²) in [5.74, 6) is 0. The van der Waals surface area contributed by atoms with E-state index in [0.29, 0.717) is 11.1 Å². The smallest absolute Gasteiger partial charge is 0.0480 e. The molecule has 1 rings (SSSR count). The number of nitrogens with one attached hydrogen (secondary N) is 1. The molecule has 108 valence electrons. The van der Waals surface area contributed by atoms with Crippen molar-refractivity contribution in [2.75, 3.05) is 19.8 Å². The number of hydrogen-bond donors (Lipinski definition) is 1. The first-order valence-corrected chi connectivity index (χ1v) is 7.68. The maximum Gasteiger partial charge on any atom is 0.0480 e. The van der Waals surface area contributed by atoms with Crippen LogP contribution in [-0.2, 0) is 11.2 Å². The standard InChI is InChI=1S/C15H23Cl2NO/c1-3-8-19-9-7-14(18-4-2)10-12-5-6-13(16)11-15(12)17/h5-6,11,14,18H,3-4,7-10H2,1-2H3. The monoisotopic (exact) mass is 303 g/mol. The first-order chi connectivity index (χ1) is 9.17. The zero-order valence-corrected chi connectivity index (χ0v) is 13.2. The zero-order valence-electron chi connectivity index (χ0n) is 11.7. The minimum absolute atomic E-state index is 0.389. The number of halogens is 2. The Morgan fingerprint density at radius 2 is 2.00 bits per heavy atom. The molecule has 1 N–H and O–H groups in total. The second kappa shape index (κ2) is 9.60. The van der Waals surface area contributed by atoms with Crippen molar-refractivity contribution >= 4 is 23.2 Å². The highest BCUT2D eigenvalue weighted by Crippen LogP contribution is 2.22. The van der Waals surface area contributed by atoms with Crippen molar-refractivity contribution in [3.63, 3.8) is 0 Å². The Kier molecular flexibility index (Phi) is 8.47. The molecule has 0 radical (unpaired) electrons. The van der Waals surface area contributed by atoms with E-state index in [1.165, 1.54) is 0 Å². The van der Waals surface area contributed by atoms with Crippen molar-refractivity contribution in [3.8, 4) is 0 Å². The van der Waals surface area contributed by atoms with Gasteiger partial charge in [0.25, 0.3) is 0 Å². The predicted molar refractivity (Wildman–Crippen MR) is 83.4 cm³/mol. The molecule has 0 saturated heterocycles. The van der Waals surface area contributed by atoms with Crippen molar-refractivity contribution in [1.29, 1.82) is 0 Å². The van der Waals surface area contributed by atoms with E-state index in [4.69, 9.17) is 27.9 Å². The summed E-state index contributed by atoms with van der Waals surface area (Å²) in [5, 5.41) is 4.90. The SMILES string of the molecule is CCCOCCC(Cc1ccc(Cl)cc1Cl)NCC. The van der Waals surface area contributed by atoms with Gasteiger partial charge in [0.1, 0.15) is 0 Å². The third-order valence-electron chi connectivity index (χ3n) is 2.93. The van der Waals surface area contributed by atoms with Gasteiger partial charge in [0.15, 0.2) is 0 Å². The number of likely N-dealkylation sites (N-methyl/N-ethyl adjacent to an activating group) is 1. The molecule has 2 nitrogen and oxygen atoms in total. The molecule has 0 heterocycles. The first kappa shape index (κ1) is 16.8. The second-order valence-corrected chi connectivity index (χ2v) is 5.44. The van der Waals surface area contributed by atoms with Crippen LogP contribution in [0, 0.1) is 0 Å². The van der Waals surface area contributed by atoms with Crippen molar-refractivity contribution in [3.05, 3.63) is 33.8 Å². The zero-order chi connectivity index (χ0) is 14.1. The molecule has 1 atom stereocenters. The molecule has 1 aromatic carbocycles. The van der Waals surface area contributed by atoms with Gasteiger partial charge in [-0.25, -0.2) is 0 Å². The third kappa shape index (κ3) is 6.62. The molecular weight excluding hydrogens is 281 g/mol. The molecule has 0 fully saturated rings. The van der Waals surface area contributed by atoms with E-state index in [1.807, 2.05) is 12.1 Å². The van der Waals surface area contributed by atoms with Crippen molar-refractivity contribution in [1.82, 2.24) is 5.32 Å². The van der Waals surface area contributed by atoms with Crippen molar-refractivity contribution < 1.29 is 4.74 Å². The van der Waals surface area contributed by atoms with E-state index in [1.54, 1.807) is 6.07 Å². The quantitative estimate of drug-likeness (QED) is 0.686. The van der Waals surface area contributed by atoms with E-state index in [9.17, 15) is 0 Å². The summed E-state index contributed by atoms with van der Waals surface area (Å²) < 4.78 is 5.55. The molecule has 1 unspecified atom stereocenters. The summed E-state index contributed by atoms with van der Waals surface area (Å²) in [6.45, 7) is 6.81. The summed E-state index contributed by atoms with van der Waals surface area (Å²) in [7, 11) is 0. The Balaban J connectivity index is 2.51. The van der Waals surface area contributed by atoms with Crippen LogP contribution in [-0.4, -0.2) is 25.8 Å². The van der Waals surface area contributed by atoms with E-state index in [0.717, 1.165) is 49.6 Å². The lowest BCUT2D eigenvalue weighted by Gasteiger charge is -2.18. The van der Waals surface area contributed by atoms with Gasteiger partial charge in [-0.15, -0.1) is 0 Å². The van der Waals surface area contributed by atoms with Crippen LogP contribution in [0.3, 0.4) is 0 Å². The largest absolute Gasteiger partial charge is 0.381 e. The fraction of sp³-hybridized carbons (Fsp3) is 0.600. The average molecular weight is 304 g/mol. The number of rotatable bonds is 9. The van der Waals surface area contributed by atoms with Gasteiger partial charge in [0.05, 0.1) is 0 Å². The molecule has 19 heavy (non-hydrogen) atoms. The molecule has 0 aliphatic rings. The van der Waals surface area contributed by atoms with E-state index >= 15 is 0 Å². The van der Waals surface area contributed by atoms with Gasteiger partial charge in [-0.3, -0.25) is 0 Å². The fourth-order valence-electron chi connectivity index (χ4n) is 1.99. The van der Waals surface area contributed by atoms with Gasteiger partial charge in [0, 0.05) is 29.3 Å². The first-order valence-electron chi connectivity index (χ1n) is 6.92. The Hall–Kier alpha value is -0.280. The topological polar surface area (TPSA) is 21.3 Å². The maximum absolute atomic E-state index is 6.21. The van der Waals surface area contributed by atoms with Crippen molar-refractivity contribution in [2.45, 2.75) is 39.2 Å². The van der Waals surface area contributed by atoms with Crippen molar-refractivity contribution in [2.24, 2.45) is 0 Å². The molecule has 0 saturated carbocycles. The lowest BCUT2D eigenvalue weighted by Crippen LogP contribution is -2.32. The van der Waals surface area contributed by atoms with Crippen LogP contribution in [0.5, 0.6) is 0 Å². The highest BCUT2D eigenvalue weighted by molar-refractivity contribution is 6.35. The molecule has 0 amide bonds. The van der Waals surface area contributed by atoms with Crippen LogP contribution in [0.2, 0.25) is 10.0 Å². The van der Waals surface area contributed by atoms with Gasteiger partial charge in [-0.1, -0.05) is 43.1 Å². The summed E-state index contributed by atoms with van der Waals surface area (Å²) in [6, 6.07) is 6.08. The molecule has 0 bridgehead atoms. The van der Waals surface area contributed by atoms with Crippen LogP contribution >= 0.6 is 23.2 Å². The minimum atomic E-state index is 0.389. The Labute approximate surface area is 126 Å². The number of hydrogen-bond acceptors (Lipinski definition) is 2. The van der Waals surface area contributed by atoms with E-state index < -0.39 is 0 Å². The van der Waals surface area contributed by atoms with Crippen LogP contribution in [0.15, 0.2) is 18.2 Å². The lowest BCUT2D eigenvalue weighted by molar-refractivity contribution is 0.124. The summed E-state index contributed by atoms with van der Waals surface area (Å²) >= 11 is 12.1. The number of benzene rings is 1. The van der Waals surface area contributed by atoms with Gasteiger partial charge in [-0.05, 0) is 43.5 Å². The number of ether oxygens (including phenoxy) is 1. The Morgan fingerprint density at radius 3 is 2.63 bits per heavy atom. The maximum atomic E-state index is 6.21. The van der Waals surface area contributed by atoms with Crippen LogP contribution in [0.25, 0.3) is 0 Å². The van der Waals surface area contributed by atoms with Gasteiger partial charge in [0.2, 0.25) is 0 Å².